The van der Waals surface area contributed by atoms with Crippen LogP contribution in [0.25, 0.3) is 22.3 Å². The average Bonchev–Trinajstić information content (AvgIpc) is 4.10. The van der Waals surface area contributed by atoms with Gasteiger partial charge in [-0.25, -0.2) is 0 Å². The van der Waals surface area contributed by atoms with Crippen LogP contribution in [-0.2, 0) is 0 Å². The van der Waals surface area contributed by atoms with Gasteiger partial charge in [-0.2, -0.15) is 0 Å². The molecule has 0 atom stereocenters. The summed E-state index contributed by atoms with van der Waals surface area (Å²) in [5.74, 6) is 11.0. The van der Waals surface area contributed by atoms with Crippen molar-refractivity contribution < 1.29 is 0 Å². The average molecular weight is 713 g/mol. The maximum atomic E-state index is 5.77. The molecule has 1 aliphatic rings. The molecule has 260 valence electrons. The second-order valence-electron chi connectivity index (χ2n) is 13.5. The number of hydrogen-bond donors (Lipinski definition) is 4. The predicted molar refractivity (Wildman–Crippen MR) is 226 cm³/mol. The highest BCUT2D eigenvalue weighted by Crippen LogP contribution is 2.28. The van der Waals surface area contributed by atoms with E-state index in [0.717, 1.165) is 111 Å². The van der Waals surface area contributed by atoms with E-state index in [-0.39, 0.29) is 0 Å². The first kappa shape index (κ1) is 33.5. The molecule has 0 radical (unpaired) electrons. The van der Waals surface area contributed by atoms with Gasteiger partial charge in [0.2, 0.25) is 0 Å². The Morgan fingerprint density at radius 2 is 0.464 bits per heavy atom. The largest absolute Gasteiger partial charge is 0.354 e. The van der Waals surface area contributed by atoms with Crippen molar-refractivity contribution in [2.75, 3.05) is 0 Å². The molecule has 0 unspecified atom stereocenters. The van der Waals surface area contributed by atoms with Crippen molar-refractivity contribution in [3.05, 3.63) is 234 Å². The van der Waals surface area contributed by atoms with E-state index in [4.69, 9.17) is 25.7 Å². The number of H-pyrrole nitrogens is 4. The number of fused-ring (bicyclic) bond motifs is 8. The third-order valence-electron chi connectivity index (χ3n) is 10.3. The molecule has 4 aromatic carbocycles. The molecule has 4 heteroatoms. The molecule has 4 N–H and O–H groups in total. The van der Waals surface area contributed by atoms with Gasteiger partial charge in [-0.3, -0.25) is 0 Å². The lowest BCUT2D eigenvalue weighted by Crippen LogP contribution is -2.19. The Bertz CT molecular complexity index is 2800. The number of terminal acetylenes is 4. The van der Waals surface area contributed by atoms with Crippen LogP contribution in [0.3, 0.4) is 0 Å². The van der Waals surface area contributed by atoms with E-state index in [1.807, 2.05) is 48.5 Å². The summed E-state index contributed by atoms with van der Waals surface area (Å²) in [7, 11) is 0. The van der Waals surface area contributed by atoms with Gasteiger partial charge in [-0.15, -0.1) is 25.7 Å². The summed E-state index contributed by atoms with van der Waals surface area (Å²) in [5, 5.41) is 3.73. The first-order valence-corrected chi connectivity index (χ1v) is 18.1. The van der Waals surface area contributed by atoms with Gasteiger partial charge in [-0.1, -0.05) is 72.2 Å². The van der Waals surface area contributed by atoms with Crippen LogP contribution < -0.4 is 21.4 Å². The molecule has 0 saturated carbocycles. The highest BCUT2D eigenvalue weighted by atomic mass is 14.8. The fraction of sp³-hybridized carbons (Fsp3) is 0. The minimum atomic E-state index is 0.812. The van der Waals surface area contributed by atoms with Crippen LogP contribution >= 0.6 is 0 Å². The van der Waals surface area contributed by atoms with E-state index in [2.05, 4.69) is 141 Å². The SMILES string of the molecule is C#Cc1ccc(C2=c3ccc([nH]3)=C(c3ccc(C#C)cc3)c3ccc([nH]3)C(c3ccc(C#C)cc3)=c3ccc([nH]3)=C(c3ccc(C#C)cc3)c3ccc2[nH]3)cc1. The molecule has 8 aromatic rings. The molecular weight excluding hydrogens is 681 g/mol. The Hall–Kier alpha value is -8.28. The molecule has 1 aliphatic heterocycles. The summed E-state index contributed by atoms with van der Waals surface area (Å²) in [6.45, 7) is 0. The smallest absolute Gasteiger partial charge is 0.0485 e. The number of hydrogen-bond acceptors (Lipinski definition) is 0. The van der Waals surface area contributed by atoms with Gasteiger partial charge in [0.1, 0.15) is 0 Å². The van der Waals surface area contributed by atoms with E-state index in [1.165, 1.54) is 0 Å². The molecule has 0 aliphatic carbocycles. The van der Waals surface area contributed by atoms with Crippen LogP contribution in [0, 0.1) is 49.4 Å². The molecule has 4 nitrogen and oxygen atoms in total. The molecule has 8 bridgehead atoms. The van der Waals surface area contributed by atoms with Crippen molar-refractivity contribution in [1.29, 1.82) is 0 Å². The Balaban J connectivity index is 1.41. The summed E-state index contributed by atoms with van der Waals surface area (Å²) in [4.78, 5) is 15.2. The van der Waals surface area contributed by atoms with E-state index in [9.17, 15) is 0 Å². The molecule has 0 amide bonds. The van der Waals surface area contributed by atoms with Gasteiger partial charge >= 0.3 is 0 Å². The summed E-state index contributed by atoms with van der Waals surface area (Å²) in [5.41, 5.74) is 15.0. The Morgan fingerprint density at radius 3 is 0.661 bits per heavy atom. The highest BCUT2D eigenvalue weighted by Gasteiger charge is 2.18. The summed E-state index contributed by atoms with van der Waals surface area (Å²) in [6.07, 6.45) is 23.1. The summed E-state index contributed by atoms with van der Waals surface area (Å²) in [6, 6.07) is 49.3. The van der Waals surface area contributed by atoms with Crippen molar-refractivity contribution in [3.8, 4) is 49.4 Å². The molecule has 56 heavy (non-hydrogen) atoms. The predicted octanol–water partition coefficient (Wildman–Crippen LogP) is 6.23. The highest BCUT2D eigenvalue weighted by molar-refractivity contribution is 5.85. The normalized spacial score (nSPS) is 12.1. The maximum absolute atomic E-state index is 5.77. The zero-order valence-corrected chi connectivity index (χ0v) is 30.2. The van der Waals surface area contributed by atoms with Gasteiger partial charge < -0.3 is 19.9 Å². The zero-order valence-electron chi connectivity index (χ0n) is 30.2. The van der Waals surface area contributed by atoms with E-state index in [1.54, 1.807) is 0 Å². The second-order valence-corrected chi connectivity index (χ2v) is 13.5. The summed E-state index contributed by atoms with van der Waals surface area (Å²) < 4.78 is 0. The molecule has 0 fully saturated rings. The van der Waals surface area contributed by atoms with E-state index in [0.29, 0.717) is 0 Å². The van der Waals surface area contributed by atoms with Gasteiger partial charge in [0.25, 0.3) is 0 Å². The molecule has 9 rings (SSSR count). The van der Waals surface area contributed by atoms with Crippen LogP contribution in [0.1, 0.15) is 67.3 Å². The molecule has 0 spiro atoms. The fourth-order valence-electron chi connectivity index (χ4n) is 7.50. The first-order chi connectivity index (χ1) is 27.5. The fourth-order valence-corrected chi connectivity index (χ4v) is 7.50. The lowest BCUT2D eigenvalue weighted by Gasteiger charge is -2.10. The lowest BCUT2D eigenvalue weighted by molar-refractivity contribution is 1.19. The second kappa shape index (κ2) is 13.9. The van der Waals surface area contributed by atoms with Crippen molar-refractivity contribution in [2.24, 2.45) is 0 Å². The van der Waals surface area contributed by atoms with E-state index < -0.39 is 0 Å². The number of rotatable bonds is 4. The topological polar surface area (TPSA) is 63.2 Å². The maximum Gasteiger partial charge on any atom is 0.0485 e. The number of aromatic nitrogens is 4. The van der Waals surface area contributed by atoms with E-state index >= 15 is 0 Å². The number of benzene rings is 4. The molecular formula is C52H32N4. The van der Waals surface area contributed by atoms with Crippen LogP contribution in [0.2, 0.25) is 0 Å². The molecule has 0 saturated heterocycles. The van der Waals surface area contributed by atoms with Crippen LogP contribution in [0.15, 0.2) is 146 Å². The third-order valence-corrected chi connectivity index (χ3v) is 10.3. The van der Waals surface area contributed by atoms with Crippen molar-refractivity contribution in [2.45, 2.75) is 0 Å². The standard InChI is InChI=1S/C52H32N4/c1-5-33-9-17-37(18-10-33)49-41-25-27-43(53-41)50(38-19-11-34(6-2)12-20-38)45-29-31-47(55-45)52(40-23-15-36(8-4)16-24-40)48-32-30-46(56-48)51(44-28-26-42(49)54-44)39-21-13-35(7-3)14-22-39/h1-4,9-32,53-56H. The van der Waals surface area contributed by atoms with Crippen molar-refractivity contribution >= 4 is 22.3 Å². The zero-order chi connectivity index (χ0) is 38.2. The van der Waals surface area contributed by atoms with Gasteiger partial charge in [-0.05, 0) is 119 Å². The third kappa shape index (κ3) is 5.97. The Kier molecular flexibility index (Phi) is 8.35. The molecule has 5 heterocycles. The minimum absolute atomic E-state index is 0.812. The lowest BCUT2D eigenvalue weighted by atomic mass is 10.0. The van der Waals surface area contributed by atoms with Crippen LogP contribution in [0.5, 0.6) is 0 Å². The van der Waals surface area contributed by atoms with Gasteiger partial charge in [0, 0.05) is 88.7 Å². The number of aromatic amines is 4. The Morgan fingerprint density at radius 1 is 0.250 bits per heavy atom. The minimum Gasteiger partial charge on any atom is -0.354 e. The number of nitrogens with one attached hydrogen (secondary N) is 4. The summed E-state index contributed by atoms with van der Waals surface area (Å²) >= 11 is 0. The van der Waals surface area contributed by atoms with Crippen LogP contribution in [-0.4, -0.2) is 19.9 Å². The Labute approximate surface area is 324 Å². The monoisotopic (exact) mass is 712 g/mol. The van der Waals surface area contributed by atoms with Crippen molar-refractivity contribution in [1.82, 2.24) is 19.9 Å². The first-order valence-electron chi connectivity index (χ1n) is 18.1. The molecule has 4 aromatic heterocycles. The van der Waals surface area contributed by atoms with Gasteiger partial charge in [0.15, 0.2) is 0 Å². The quantitative estimate of drug-likeness (QED) is 0.157. The van der Waals surface area contributed by atoms with Crippen LogP contribution in [0.4, 0.5) is 0 Å². The van der Waals surface area contributed by atoms with Crippen molar-refractivity contribution in [3.63, 3.8) is 0 Å². The van der Waals surface area contributed by atoms with Gasteiger partial charge in [0.05, 0.1) is 0 Å².